The quantitative estimate of drug-likeness (QED) is 0.514. The molecule has 0 atom stereocenters. The number of hydrogen-bond donors (Lipinski definition) is 3. The van der Waals surface area contributed by atoms with Crippen molar-refractivity contribution in [3.8, 4) is 0 Å². The van der Waals surface area contributed by atoms with E-state index in [0.717, 1.165) is 23.7 Å². The molecule has 0 aromatic heterocycles. The molecule has 0 aliphatic heterocycles. The molecule has 1 fully saturated rings. The summed E-state index contributed by atoms with van der Waals surface area (Å²) in [7, 11) is 0. The third-order valence-electron chi connectivity index (χ3n) is 2.26. The van der Waals surface area contributed by atoms with Gasteiger partial charge in [0.15, 0.2) is 0 Å². The zero-order valence-electron chi connectivity index (χ0n) is 7.85. The number of halogens is 1. The first-order valence-electron chi connectivity index (χ1n) is 4.57. The van der Waals surface area contributed by atoms with Crippen molar-refractivity contribution in [3.05, 3.63) is 10.2 Å². The van der Waals surface area contributed by atoms with Gasteiger partial charge in [-0.3, -0.25) is 4.79 Å². The normalized spacial score (nSPS) is 18.1. The molecule has 4 nitrogen and oxygen atoms in total. The van der Waals surface area contributed by atoms with E-state index in [1.165, 1.54) is 6.42 Å². The molecule has 0 unspecified atom stereocenters. The lowest BCUT2D eigenvalue weighted by Gasteiger charge is -2.27. The number of nitrogens with two attached hydrogens (primary N) is 1. The van der Waals surface area contributed by atoms with E-state index >= 15 is 0 Å². The molecule has 5 heteroatoms. The van der Waals surface area contributed by atoms with Crippen LogP contribution in [0.5, 0.6) is 0 Å². The van der Waals surface area contributed by atoms with E-state index < -0.39 is 5.91 Å². The Morgan fingerprint density at radius 2 is 2.29 bits per heavy atom. The van der Waals surface area contributed by atoms with Crippen molar-refractivity contribution in [1.82, 2.24) is 5.32 Å². The summed E-state index contributed by atoms with van der Waals surface area (Å²) < 4.78 is 0.719. The highest BCUT2D eigenvalue weighted by molar-refractivity contribution is 9.11. The second-order valence-corrected chi connectivity index (χ2v) is 4.19. The fraction of sp³-hybridized carbons (Fsp3) is 0.556. The van der Waals surface area contributed by atoms with E-state index in [1.807, 2.05) is 0 Å². The minimum absolute atomic E-state index is 0.101. The summed E-state index contributed by atoms with van der Waals surface area (Å²) in [5.74, 6) is -0.421. The summed E-state index contributed by atoms with van der Waals surface area (Å²) in [4.78, 5) is 10.7. The topological polar surface area (TPSA) is 79.0 Å². The number of amides is 1. The van der Waals surface area contributed by atoms with Crippen LogP contribution in [0.1, 0.15) is 25.7 Å². The van der Waals surface area contributed by atoms with Crippen LogP contribution in [0.25, 0.3) is 0 Å². The van der Waals surface area contributed by atoms with Gasteiger partial charge in [0.2, 0.25) is 5.91 Å². The van der Waals surface area contributed by atoms with Crippen molar-refractivity contribution in [3.63, 3.8) is 0 Å². The highest BCUT2D eigenvalue weighted by atomic mass is 79.9. The maximum absolute atomic E-state index is 10.7. The molecular weight excluding hydrogens is 246 g/mol. The summed E-state index contributed by atoms with van der Waals surface area (Å²) in [6, 6.07) is 0.479. The fourth-order valence-electron chi connectivity index (χ4n) is 1.20. The van der Waals surface area contributed by atoms with Gasteiger partial charge in [-0.25, -0.2) is 0 Å². The molecule has 78 valence electrons. The zero-order chi connectivity index (χ0) is 10.6. The molecule has 1 rings (SSSR count). The maximum Gasteiger partial charge on any atom is 0.221 e. The Hall–Kier alpha value is -0.840. The molecule has 0 aromatic carbocycles. The lowest BCUT2D eigenvalue weighted by molar-refractivity contribution is -0.117. The Kier molecular flexibility index (Phi) is 4.13. The molecule has 0 heterocycles. The van der Waals surface area contributed by atoms with Crippen LogP contribution < -0.4 is 11.1 Å². The smallest absolute Gasteiger partial charge is 0.221 e. The predicted molar refractivity (Wildman–Crippen MR) is 59.3 cm³/mol. The number of rotatable bonds is 5. The number of primary amides is 1. The number of hydrogen-bond acceptors (Lipinski definition) is 3. The van der Waals surface area contributed by atoms with Crippen molar-refractivity contribution in [2.24, 2.45) is 5.73 Å². The predicted octanol–water partition coefficient (Wildman–Crippen LogP) is 1.26. The van der Waals surface area contributed by atoms with Gasteiger partial charge in [0.1, 0.15) is 0 Å². The molecule has 0 saturated heterocycles. The average Bonchev–Trinajstić information content (AvgIpc) is 2.06. The summed E-state index contributed by atoms with van der Waals surface area (Å²) in [5, 5.41) is 10.4. The van der Waals surface area contributed by atoms with Crippen molar-refractivity contribution < 1.29 is 4.79 Å². The van der Waals surface area contributed by atoms with Crippen molar-refractivity contribution in [1.29, 1.82) is 5.41 Å². The minimum atomic E-state index is -0.421. The summed E-state index contributed by atoms with van der Waals surface area (Å²) in [6.45, 7) is 0. The molecule has 0 bridgehead atoms. The van der Waals surface area contributed by atoms with Crippen LogP contribution in [0.4, 0.5) is 0 Å². The Balaban J connectivity index is 2.55. The largest absolute Gasteiger partial charge is 0.376 e. The van der Waals surface area contributed by atoms with Gasteiger partial charge in [0.05, 0.1) is 11.0 Å². The summed E-state index contributed by atoms with van der Waals surface area (Å²) >= 11 is 3.32. The molecule has 1 aliphatic rings. The molecule has 14 heavy (non-hydrogen) atoms. The van der Waals surface area contributed by atoms with Gasteiger partial charge in [-0.1, -0.05) is 0 Å². The zero-order valence-corrected chi connectivity index (χ0v) is 9.43. The Morgan fingerprint density at radius 1 is 1.64 bits per heavy atom. The molecule has 4 N–H and O–H groups in total. The lowest BCUT2D eigenvalue weighted by Crippen LogP contribution is -2.33. The molecule has 1 aliphatic carbocycles. The van der Waals surface area contributed by atoms with Crippen molar-refractivity contribution in [2.75, 3.05) is 0 Å². The van der Waals surface area contributed by atoms with Crippen molar-refractivity contribution in [2.45, 2.75) is 31.7 Å². The fourth-order valence-corrected chi connectivity index (χ4v) is 1.78. The standard InChI is InChI=1S/C9H14BrN3O/c10-9(13-7-2-1-3-7)6(5-11)4-8(12)14/h5,7,11,13H,1-4H2,(H2,12,14)/b9-6-,11-5?. The number of carbonyl (C=O) groups excluding carboxylic acids is 1. The van der Waals surface area contributed by atoms with E-state index in [-0.39, 0.29) is 6.42 Å². The molecule has 0 radical (unpaired) electrons. The monoisotopic (exact) mass is 259 g/mol. The SMILES string of the molecule is N=C/C(CC(N)=O)=C(/Br)NC1CCC1. The van der Waals surface area contributed by atoms with Gasteiger partial charge in [0, 0.05) is 17.8 Å². The Morgan fingerprint density at radius 3 is 2.64 bits per heavy atom. The van der Waals surface area contributed by atoms with Gasteiger partial charge in [0.25, 0.3) is 0 Å². The third kappa shape index (κ3) is 3.14. The average molecular weight is 260 g/mol. The van der Waals surface area contributed by atoms with Crippen LogP contribution >= 0.6 is 15.9 Å². The second kappa shape index (κ2) is 5.14. The number of nitrogens with one attached hydrogen (secondary N) is 2. The van der Waals surface area contributed by atoms with Crippen LogP contribution in [-0.2, 0) is 4.79 Å². The third-order valence-corrected chi connectivity index (χ3v) is 3.00. The van der Waals surface area contributed by atoms with E-state index in [9.17, 15) is 4.79 Å². The van der Waals surface area contributed by atoms with E-state index in [1.54, 1.807) is 0 Å². The van der Waals surface area contributed by atoms with Crippen molar-refractivity contribution >= 4 is 28.1 Å². The highest BCUT2D eigenvalue weighted by Crippen LogP contribution is 2.22. The molecule has 1 amide bonds. The van der Waals surface area contributed by atoms with E-state index in [2.05, 4.69) is 21.2 Å². The van der Waals surface area contributed by atoms with Crippen LogP contribution in [-0.4, -0.2) is 18.2 Å². The highest BCUT2D eigenvalue weighted by Gasteiger charge is 2.18. The first kappa shape index (κ1) is 11.2. The van der Waals surface area contributed by atoms with Crippen LogP contribution in [0.3, 0.4) is 0 Å². The maximum atomic E-state index is 10.7. The first-order chi connectivity index (χ1) is 6.63. The lowest BCUT2D eigenvalue weighted by atomic mass is 9.93. The van der Waals surface area contributed by atoms with Gasteiger partial charge >= 0.3 is 0 Å². The summed E-state index contributed by atoms with van der Waals surface area (Å²) in [5.41, 5.74) is 5.66. The molecular formula is C9H14BrN3O. The Bertz CT molecular complexity index is 271. The second-order valence-electron chi connectivity index (χ2n) is 3.40. The van der Waals surface area contributed by atoms with Crippen LogP contribution in [0.2, 0.25) is 0 Å². The number of carbonyl (C=O) groups is 1. The van der Waals surface area contributed by atoms with Gasteiger partial charge < -0.3 is 16.5 Å². The van der Waals surface area contributed by atoms with E-state index in [4.69, 9.17) is 11.1 Å². The van der Waals surface area contributed by atoms with Crippen LogP contribution in [0.15, 0.2) is 10.2 Å². The first-order valence-corrected chi connectivity index (χ1v) is 5.36. The van der Waals surface area contributed by atoms with Crippen LogP contribution in [0, 0.1) is 5.41 Å². The molecule has 0 aromatic rings. The van der Waals surface area contributed by atoms with E-state index in [0.29, 0.717) is 11.6 Å². The Labute approximate surface area is 91.6 Å². The minimum Gasteiger partial charge on any atom is -0.376 e. The van der Waals surface area contributed by atoms with Gasteiger partial charge in [-0.2, -0.15) is 0 Å². The molecule has 1 saturated carbocycles. The molecule has 0 spiro atoms. The van der Waals surface area contributed by atoms with Gasteiger partial charge in [-0.05, 0) is 35.2 Å². The summed E-state index contributed by atoms with van der Waals surface area (Å²) in [6.07, 6.45) is 4.80. The van der Waals surface area contributed by atoms with Gasteiger partial charge in [-0.15, -0.1) is 0 Å².